The van der Waals surface area contributed by atoms with Crippen molar-refractivity contribution in [2.75, 3.05) is 20.6 Å². The van der Waals surface area contributed by atoms with Gasteiger partial charge in [-0.15, -0.1) is 0 Å². The molecule has 1 unspecified atom stereocenters. The maximum absolute atomic E-state index is 12.0. The van der Waals surface area contributed by atoms with E-state index in [9.17, 15) is 8.42 Å². The number of hydrogen-bond donors (Lipinski definition) is 1. The van der Waals surface area contributed by atoms with Crippen LogP contribution in [-0.2, 0) is 10.0 Å². The molecule has 0 amide bonds. The van der Waals surface area contributed by atoms with E-state index in [0.29, 0.717) is 6.54 Å². The number of sulfonamides is 1. The van der Waals surface area contributed by atoms with Crippen LogP contribution in [0, 0.1) is 0 Å². The minimum Gasteiger partial charge on any atom is -0.307 e. The summed E-state index contributed by atoms with van der Waals surface area (Å²) in [5, 5.41) is -0.425. The highest BCUT2D eigenvalue weighted by molar-refractivity contribution is 7.90. The number of nitrogens with zero attached hydrogens (tertiary/aromatic N) is 1. The Balaban J connectivity index is 2.94. The zero-order valence-electron chi connectivity index (χ0n) is 11.4. The van der Waals surface area contributed by atoms with Gasteiger partial charge < -0.3 is 4.90 Å². The van der Waals surface area contributed by atoms with Crippen molar-refractivity contribution in [3.05, 3.63) is 35.9 Å². The smallest absolute Gasteiger partial charge is 0.214 e. The van der Waals surface area contributed by atoms with Crippen LogP contribution < -0.4 is 4.72 Å². The second kappa shape index (κ2) is 6.31. The molecule has 0 saturated heterocycles. The molecule has 1 atom stereocenters. The van der Waals surface area contributed by atoms with Crippen LogP contribution in [0.25, 0.3) is 0 Å². The minimum absolute atomic E-state index is 0.214. The predicted octanol–water partition coefficient (Wildman–Crippen LogP) is 1.62. The molecule has 0 saturated carbocycles. The van der Waals surface area contributed by atoms with E-state index in [1.807, 2.05) is 49.3 Å². The van der Waals surface area contributed by atoms with Crippen LogP contribution >= 0.6 is 0 Å². The molecule has 4 nitrogen and oxygen atoms in total. The summed E-state index contributed by atoms with van der Waals surface area (Å²) in [6.45, 7) is 4.00. The molecular formula is C13H22N2O2S. The molecule has 0 spiro atoms. The molecule has 0 aliphatic carbocycles. The van der Waals surface area contributed by atoms with E-state index in [0.717, 1.165) is 5.56 Å². The largest absolute Gasteiger partial charge is 0.307 e. The molecule has 0 heterocycles. The fourth-order valence-corrected chi connectivity index (χ4v) is 2.47. The maximum Gasteiger partial charge on any atom is 0.214 e. The van der Waals surface area contributed by atoms with E-state index in [4.69, 9.17) is 0 Å². The van der Waals surface area contributed by atoms with Gasteiger partial charge in [-0.2, -0.15) is 0 Å². The van der Waals surface area contributed by atoms with E-state index in [1.165, 1.54) is 0 Å². The molecule has 0 aliphatic heterocycles. The Morgan fingerprint density at radius 2 is 1.72 bits per heavy atom. The monoisotopic (exact) mass is 270 g/mol. The van der Waals surface area contributed by atoms with E-state index in [-0.39, 0.29) is 6.04 Å². The highest BCUT2D eigenvalue weighted by atomic mass is 32.2. The second-order valence-electron chi connectivity index (χ2n) is 4.94. The molecular weight excluding hydrogens is 248 g/mol. The second-order valence-corrected chi connectivity index (χ2v) is 7.21. The van der Waals surface area contributed by atoms with Crippen LogP contribution in [0.2, 0.25) is 0 Å². The number of benzene rings is 1. The zero-order chi connectivity index (χ0) is 13.8. The summed E-state index contributed by atoms with van der Waals surface area (Å²) in [6, 6.07) is 9.43. The lowest BCUT2D eigenvalue weighted by Gasteiger charge is -2.23. The zero-order valence-corrected chi connectivity index (χ0v) is 12.2. The maximum atomic E-state index is 12.0. The third-order valence-corrected chi connectivity index (χ3v) is 4.53. The van der Waals surface area contributed by atoms with Gasteiger partial charge in [0.25, 0.3) is 0 Å². The molecule has 102 valence electrons. The van der Waals surface area contributed by atoms with Crippen LogP contribution in [-0.4, -0.2) is 39.2 Å². The van der Waals surface area contributed by atoms with Gasteiger partial charge in [-0.1, -0.05) is 30.3 Å². The Morgan fingerprint density at radius 3 is 2.17 bits per heavy atom. The third kappa shape index (κ3) is 4.40. The van der Waals surface area contributed by atoms with E-state index in [2.05, 4.69) is 4.72 Å². The Morgan fingerprint density at radius 1 is 1.17 bits per heavy atom. The van der Waals surface area contributed by atoms with Crippen molar-refractivity contribution >= 4 is 10.0 Å². The van der Waals surface area contributed by atoms with Gasteiger partial charge in [-0.05, 0) is 33.5 Å². The first-order valence-electron chi connectivity index (χ1n) is 6.03. The van der Waals surface area contributed by atoms with Gasteiger partial charge in [0.2, 0.25) is 10.0 Å². The van der Waals surface area contributed by atoms with Crippen LogP contribution in [0.4, 0.5) is 0 Å². The van der Waals surface area contributed by atoms with Crippen molar-refractivity contribution in [2.45, 2.75) is 25.1 Å². The lowest BCUT2D eigenvalue weighted by Crippen LogP contribution is -2.38. The number of nitrogens with one attached hydrogen (secondary N) is 1. The van der Waals surface area contributed by atoms with Gasteiger partial charge in [-0.3, -0.25) is 0 Å². The van der Waals surface area contributed by atoms with Gasteiger partial charge in [-0.25, -0.2) is 13.1 Å². The molecule has 1 aromatic rings. The highest BCUT2D eigenvalue weighted by Crippen LogP contribution is 2.15. The first-order valence-corrected chi connectivity index (χ1v) is 7.58. The normalized spacial score (nSPS) is 14.1. The number of likely N-dealkylation sites (N-methyl/N-ethyl adjacent to an activating group) is 1. The van der Waals surface area contributed by atoms with E-state index in [1.54, 1.807) is 13.8 Å². The van der Waals surface area contributed by atoms with E-state index < -0.39 is 15.3 Å². The summed E-state index contributed by atoms with van der Waals surface area (Å²) in [7, 11) is 0.592. The standard InChI is InChI=1S/C13H22N2O2S/c1-11(2)18(16,17)14-13(10-15(3)4)12-8-6-5-7-9-12/h5-9,11,13-14H,10H2,1-4H3. The fraction of sp³-hybridized carbons (Fsp3) is 0.538. The molecule has 0 radical (unpaired) electrons. The summed E-state index contributed by atoms with van der Waals surface area (Å²) < 4.78 is 26.7. The molecule has 1 N–H and O–H groups in total. The molecule has 1 aromatic carbocycles. The van der Waals surface area contributed by atoms with Gasteiger partial charge in [0.15, 0.2) is 0 Å². The summed E-state index contributed by atoms with van der Waals surface area (Å²) in [4.78, 5) is 1.97. The molecule has 0 aromatic heterocycles. The van der Waals surface area contributed by atoms with Gasteiger partial charge >= 0.3 is 0 Å². The Kier molecular flexibility index (Phi) is 5.31. The van der Waals surface area contributed by atoms with Gasteiger partial charge in [0.05, 0.1) is 11.3 Å². The van der Waals surface area contributed by atoms with Crippen molar-refractivity contribution in [2.24, 2.45) is 0 Å². The van der Waals surface area contributed by atoms with Crippen molar-refractivity contribution < 1.29 is 8.42 Å². The Hall–Kier alpha value is -0.910. The van der Waals surface area contributed by atoms with Crippen molar-refractivity contribution in [3.63, 3.8) is 0 Å². The third-order valence-electron chi connectivity index (χ3n) is 2.68. The van der Waals surface area contributed by atoms with Crippen molar-refractivity contribution in [1.82, 2.24) is 9.62 Å². The molecule has 0 aliphatic rings. The van der Waals surface area contributed by atoms with Crippen molar-refractivity contribution in [3.8, 4) is 0 Å². The molecule has 18 heavy (non-hydrogen) atoms. The topological polar surface area (TPSA) is 49.4 Å². The SMILES string of the molecule is CC(C)S(=O)(=O)NC(CN(C)C)c1ccccc1. The Bertz CT molecular complexity index is 455. The fourth-order valence-electron chi connectivity index (χ4n) is 1.60. The molecule has 1 rings (SSSR count). The number of hydrogen-bond acceptors (Lipinski definition) is 3. The van der Waals surface area contributed by atoms with Gasteiger partial charge in [0, 0.05) is 6.54 Å². The first kappa shape index (κ1) is 15.1. The summed E-state index contributed by atoms with van der Waals surface area (Å²) >= 11 is 0. The highest BCUT2D eigenvalue weighted by Gasteiger charge is 2.22. The summed E-state index contributed by atoms with van der Waals surface area (Å²) in [5.74, 6) is 0. The molecule has 5 heteroatoms. The van der Waals surface area contributed by atoms with Crippen LogP contribution in [0.15, 0.2) is 30.3 Å². The van der Waals surface area contributed by atoms with Crippen LogP contribution in [0.3, 0.4) is 0 Å². The summed E-state index contributed by atoms with van der Waals surface area (Å²) in [5.41, 5.74) is 0.982. The van der Waals surface area contributed by atoms with Crippen LogP contribution in [0.5, 0.6) is 0 Å². The molecule has 0 bridgehead atoms. The summed E-state index contributed by atoms with van der Waals surface area (Å²) in [6.07, 6.45) is 0. The van der Waals surface area contributed by atoms with Gasteiger partial charge in [0.1, 0.15) is 0 Å². The average molecular weight is 270 g/mol. The van der Waals surface area contributed by atoms with E-state index >= 15 is 0 Å². The Labute approximate surface area is 110 Å². The lowest BCUT2D eigenvalue weighted by molar-refractivity contribution is 0.363. The quantitative estimate of drug-likeness (QED) is 0.854. The molecule has 0 fully saturated rings. The predicted molar refractivity (Wildman–Crippen MR) is 74.9 cm³/mol. The van der Waals surface area contributed by atoms with Crippen LogP contribution in [0.1, 0.15) is 25.5 Å². The lowest BCUT2D eigenvalue weighted by atomic mass is 10.1. The first-order chi connectivity index (χ1) is 8.33. The average Bonchev–Trinajstić information content (AvgIpc) is 2.28. The van der Waals surface area contributed by atoms with Crippen molar-refractivity contribution in [1.29, 1.82) is 0 Å². The number of rotatable bonds is 6. The minimum atomic E-state index is -3.27.